The number of amides is 2. The van der Waals surface area contributed by atoms with Crippen molar-refractivity contribution >= 4 is 23.7 Å². The van der Waals surface area contributed by atoms with Gasteiger partial charge in [0.15, 0.2) is 18.1 Å². The van der Waals surface area contributed by atoms with E-state index in [2.05, 4.69) is 15.8 Å². The molecule has 3 aromatic rings. The van der Waals surface area contributed by atoms with Crippen molar-refractivity contribution in [3.63, 3.8) is 0 Å². The molecule has 176 valence electrons. The molecule has 0 spiro atoms. The van der Waals surface area contributed by atoms with Crippen LogP contribution in [0.15, 0.2) is 65.8 Å². The van der Waals surface area contributed by atoms with Gasteiger partial charge in [-0.2, -0.15) is 5.10 Å². The van der Waals surface area contributed by atoms with Crippen molar-refractivity contribution in [1.29, 1.82) is 0 Å². The molecule has 2 N–H and O–H groups in total. The van der Waals surface area contributed by atoms with E-state index >= 15 is 0 Å². The zero-order valence-electron chi connectivity index (χ0n) is 19.5. The van der Waals surface area contributed by atoms with Crippen LogP contribution in [0.2, 0.25) is 0 Å². The highest BCUT2D eigenvalue weighted by molar-refractivity contribution is 5.95. The number of benzene rings is 3. The summed E-state index contributed by atoms with van der Waals surface area (Å²) in [6.07, 6.45) is 1.48. The van der Waals surface area contributed by atoms with E-state index in [-0.39, 0.29) is 18.4 Å². The predicted molar refractivity (Wildman–Crippen MR) is 131 cm³/mol. The van der Waals surface area contributed by atoms with E-state index in [1.54, 1.807) is 42.5 Å². The Balaban J connectivity index is 1.58. The standard InChI is InChI=1S/C26H27N3O5/c1-17-8-9-18(2)22(12-17)28-25(30)16-34-23-11-10-19(13-24(23)33-4)15-27-29-26(31)20-6-5-7-21(14-20)32-3/h5-15H,16H2,1-4H3,(H,28,30)(H,29,31)/b27-15-. The Morgan fingerprint density at radius 3 is 2.53 bits per heavy atom. The molecule has 3 aromatic carbocycles. The molecule has 0 bridgehead atoms. The monoisotopic (exact) mass is 461 g/mol. The maximum Gasteiger partial charge on any atom is 0.271 e. The van der Waals surface area contributed by atoms with Crippen LogP contribution < -0.4 is 25.0 Å². The van der Waals surface area contributed by atoms with Gasteiger partial charge in [-0.1, -0.05) is 18.2 Å². The molecule has 34 heavy (non-hydrogen) atoms. The summed E-state index contributed by atoms with van der Waals surface area (Å²) >= 11 is 0. The topological polar surface area (TPSA) is 98.3 Å². The molecule has 0 aliphatic carbocycles. The third-order valence-electron chi connectivity index (χ3n) is 4.93. The summed E-state index contributed by atoms with van der Waals surface area (Å²) in [5, 5.41) is 6.84. The van der Waals surface area contributed by atoms with Crippen LogP contribution in [0.25, 0.3) is 0 Å². The highest BCUT2D eigenvalue weighted by atomic mass is 16.5. The zero-order chi connectivity index (χ0) is 24.5. The summed E-state index contributed by atoms with van der Waals surface area (Å²) in [5.41, 5.74) is 6.36. The molecule has 0 heterocycles. The number of anilines is 1. The van der Waals surface area contributed by atoms with Gasteiger partial charge in [0, 0.05) is 11.3 Å². The smallest absolute Gasteiger partial charge is 0.271 e. The van der Waals surface area contributed by atoms with Gasteiger partial charge < -0.3 is 19.5 Å². The molecule has 0 aliphatic heterocycles. The summed E-state index contributed by atoms with van der Waals surface area (Å²) in [7, 11) is 3.04. The van der Waals surface area contributed by atoms with Crippen molar-refractivity contribution in [2.24, 2.45) is 5.10 Å². The fourth-order valence-corrected chi connectivity index (χ4v) is 3.08. The normalized spacial score (nSPS) is 10.6. The zero-order valence-corrected chi connectivity index (χ0v) is 19.5. The number of rotatable bonds is 9. The van der Waals surface area contributed by atoms with Gasteiger partial charge >= 0.3 is 0 Å². The molecule has 2 amide bonds. The quantitative estimate of drug-likeness (QED) is 0.369. The van der Waals surface area contributed by atoms with Crippen molar-refractivity contribution in [3.8, 4) is 17.2 Å². The number of hydrogen-bond acceptors (Lipinski definition) is 6. The van der Waals surface area contributed by atoms with E-state index in [0.717, 1.165) is 16.8 Å². The van der Waals surface area contributed by atoms with Crippen LogP contribution >= 0.6 is 0 Å². The van der Waals surface area contributed by atoms with Crippen molar-refractivity contribution in [1.82, 2.24) is 5.43 Å². The van der Waals surface area contributed by atoms with Crippen LogP contribution in [0.3, 0.4) is 0 Å². The molecular formula is C26H27N3O5. The largest absolute Gasteiger partial charge is 0.497 e. The Bertz CT molecular complexity index is 1210. The van der Waals surface area contributed by atoms with Gasteiger partial charge in [-0.25, -0.2) is 5.43 Å². The van der Waals surface area contributed by atoms with E-state index in [4.69, 9.17) is 14.2 Å². The summed E-state index contributed by atoms with van der Waals surface area (Å²) in [6.45, 7) is 3.72. The van der Waals surface area contributed by atoms with Crippen LogP contribution in [0, 0.1) is 13.8 Å². The van der Waals surface area contributed by atoms with Crippen molar-refractivity contribution in [3.05, 3.63) is 82.9 Å². The molecule has 8 nitrogen and oxygen atoms in total. The first-order chi connectivity index (χ1) is 16.4. The predicted octanol–water partition coefficient (Wildman–Crippen LogP) is 4.10. The minimum atomic E-state index is -0.364. The van der Waals surface area contributed by atoms with Gasteiger partial charge in [-0.15, -0.1) is 0 Å². The Labute approximate surface area is 198 Å². The van der Waals surface area contributed by atoms with Gasteiger partial charge in [0.25, 0.3) is 11.8 Å². The SMILES string of the molecule is COc1cccc(C(=O)N/N=C\c2ccc(OCC(=O)Nc3cc(C)ccc3C)c(OC)c2)c1. The minimum Gasteiger partial charge on any atom is -0.497 e. The lowest BCUT2D eigenvalue weighted by Gasteiger charge is -2.12. The van der Waals surface area contributed by atoms with E-state index in [1.807, 2.05) is 32.0 Å². The molecule has 8 heteroatoms. The summed E-state index contributed by atoms with van der Waals surface area (Å²) in [6, 6.07) is 17.7. The molecular weight excluding hydrogens is 434 g/mol. The number of methoxy groups -OCH3 is 2. The fourth-order valence-electron chi connectivity index (χ4n) is 3.08. The minimum absolute atomic E-state index is 0.173. The number of nitrogens with one attached hydrogen (secondary N) is 2. The van der Waals surface area contributed by atoms with Gasteiger partial charge in [0.1, 0.15) is 5.75 Å². The lowest BCUT2D eigenvalue weighted by Crippen LogP contribution is -2.21. The third-order valence-corrected chi connectivity index (χ3v) is 4.93. The Morgan fingerprint density at radius 2 is 1.76 bits per heavy atom. The Morgan fingerprint density at radius 1 is 0.941 bits per heavy atom. The first-order valence-corrected chi connectivity index (χ1v) is 10.5. The molecule has 3 rings (SSSR count). The van der Waals surface area contributed by atoms with E-state index in [1.165, 1.54) is 20.4 Å². The second-order valence-electron chi connectivity index (χ2n) is 7.50. The number of hydrogen-bond donors (Lipinski definition) is 2. The first-order valence-electron chi connectivity index (χ1n) is 10.5. The van der Waals surface area contributed by atoms with Crippen molar-refractivity contribution < 1.29 is 23.8 Å². The summed E-state index contributed by atoms with van der Waals surface area (Å²) in [4.78, 5) is 24.6. The molecule has 0 saturated heterocycles. The van der Waals surface area contributed by atoms with Crippen LogP contribution in [0.4, 0.5) is 5.69 Å². The van der Waals surface area contributed by atoms with Crippen LogP contribution in [0.1, 0.15) is 27.0 Å². The summed E-state index contributed by atoms with van der Waals surface area (Å²) < 4.78 is 16.1. The summed E-state index contributed by atoms with van der Waals surface area (Å²) in [5.74, 6) is 0.789. The van der Waals surface area contributed by atoms with Crippen LogP contribution in [-0.4, -0.2) is 38.9 Å². The Hall–Kier alpha value is -4.33. The van der Waals surface area contributed by atoms with Crippen LogP contribution in [0.5, 0.6) is 17.2 Å². The fraction of sp³-hybridized carbons (Fsp3) is 0.192. The molecule has 0 aliphatic rings. The van der Waals surface area contributed by atoms with E-state index < -0.39 is 0 Å². The maximum absolute atomic E-state index is 12.3. The number of nitrogens with zero attached hydrogens (tertiary/aromatic N) is 1. The average molecular weight is 462 g/mol. The van der Waals surface area contributed by atoms with E-state index in [9.17, 15) is 9.59 Å². The van der Waals surface area contributed by atoms with Gasteiger partial charge in [-0.3, -0.25) is 9.59 Å². The second-order valence-corrected chi connectivity index (χ2v) is 7.50. The number of carbonyl (C=O) groups excluding carboxylic acids is 2. The molecule has 0 saturated carbocycles. The number of aryl methyl sites for hydroxylation is 2. The molecule has 0 radical (unpaired) electrons. The first kappa shape index (κ1) is 24.3. The van der Waals surface area contributed by atoms with Crippen LogP contribution in [-0.2, 0) is 4.79 Å². The molecule has 0 fully saturated rings. The van der Waals surface area contributed by atoms with Gasteiger partial charge in [0.05, 0.1) is 20.4 Å². The average Bonchev–Trinajstić information content (AvgIpc) is 2.85. The lowest BCUT2D eigenvalue weighted by molar-refractivity contribution is -0.118. The van der Waals surface area contributed by atoms with Crippen molar-refractivity contribution in [2.45, 2.75) is 13.8 Å². The molecule has 0 aromatic heterocycles. The number of ether oxygens (including phenoxy) is 3. The Kier molecular flexibility index (Phi) is 8.23. The number of carbonyl (C=O) groups is 2. The lowest BCUT2D eigenvalue weighted by atomic mass is 10.1. The van der Waals surface area contributed by atoms with Gasteiger partial charge in [-0.05, 0) is 73.0 Å². The van der Waals surface area contributed by atoms with Crippen molar-refractivity contribution in [2.75, 3.05) is 26.1 Å². The second kappa shape index (κ2) is 11.5. The maximum atomic E-state index is 12.3. The molecule has 0 atom stereocenters. The number of hydrazone groups is 1. The third kappa shape index (κ3) is 6.59. The highest BCUT2D eigenvalue weighted by Gasteiger charge is 2.10. The van der Waals surface area contributed by atoms with Gasteiger partial charge in [0.2, 0.25) is 0 Å². The molecule has 0 unspecified atom stereocenters. The van der Waals surface area contributed by atoms with E-state index in [0.29, 0.717) is 28.4 Å². The highest BCUT2D eigenvalue weighted by Crippen LogP contribution is 2.27.